The van der Waals surface area contributed by atoms with Crippen molar-refractivity contribution in [1.82, 2.24) is 0 Å². The predicted octanol–water partition coefficient (Wildman–Crippen LogP) is 4.37. The Morgan fingerprint density at radius 1 is 1.15 bits per heavy atom. The number of hydrogen-bond acceptors (Lipinski definition) is 5. The van der Waals surface area contributed by atoms with Crippen LogP contribution >= 0.6 is 0 Å². The van der Waals surface area contributed by atoms with Gasteiger partial charge in [-0.2, -0.15) is 0 Å². The number of carbonyl (C=O) groups excluding carboxylic acids is 2. The van der Waals surface area contributed by atoms with Crippen LogP contribution in [0.1, 0.15) is 79.1 Å². The zero-order valence-corrected chi connectivity index (χ0v) is 20.6. The highest BCUT2D eigenvalue weighted by molar-refractivity contribution is 5.90. The molecule has 33 heavy (non-hydrogen) atoms. The Hall–Kier alpha value is -1.46. The number of cyclic esters (lactones) is 1. The van der Waals surface area contributed by atoms with E-state index in [9.17, 15) is 19.8 Å². The van der Waals surface area contributed by atoms with Gasteiger partial charge in [0, 0.05) is 12.8 Å². The van der Waals surface area contributed by atoms with E-state index < -0.39 is 11.5 Å². The minimum Gasteiger partial charge on any atom is -0.458 e. The lowest BCUT2D eigenvalue weighted by Gasteiger charge is -2.58. The molecule has 0 aromatic rings. The summed E-state index contributed by atoms with van der Waals surface area (Å²) in [5.41, 5.74) is 2.07. The van der Waals surface area contributed by atoms with Gasteiger partial charge in [-0.25, -0.2) is 4.79 Å². The summed E-state index contributed by atoms with van der Waals surface area (Å²) < 4.78 is 5.84. The Morgan fingerprint density at radius 3 is 2.61 bits per heavy atom. The molecule has 5 heteroatoms. The van der Waals surface area contributed by atoms with Crippen LogP contribution in [0.25, 0.3) is 0 Å². The monoisotopic (exact) mass is 456 g/mol. The van der Waals surface area contributed by atoms with Gasteiger partial charge in [0.25, 0.3) is 0 Å². The fourth-order valence-corrected chi connectivity index (χ4v) is 9.06. The number of fused-ring (bicyclic) bond motifs is 5. The first kappa shape index (κ1) is 23.3. The van der Waals surface area contributed by atoms with E-state index in [0.29, 0.717) is 54.3 Å². The number of Topliss-reactive ketones (excluding diaryl/α,β-unsaturated/α-hetero) is 1. The maximum absolute atomic E-state index is 13.2. The second-order valence-electron chi connectivity index (χ2n) is 12.1. The van der Waals surface area contributed by atoms with E-state index >= 15 is 0 Å². The molecule has 0 amide bonds. The van der Waals surface area contributed by atoms with Gasteiger partial charge in [-0.05, 0) is 93.0 Å². The van der Waals surface area contributed by atoms with Gasteiger partial charge >= 0.3 is 5.97 Å². The average molecular weight is 457 g/mol. The maximum Gasteiger partial charge on any atom is 0.336 e. The minimum absolute atomic E-state index is 0.128. The summed E-state index contributed by atoms with van der Waals surface area (Å²) in [5.74, 6) is 2.10. The van der Waals surface area contributed by atoms with Crippen molar-refractivity contribution in [3.8, 4) is 0 Å². The Bertz CT molecular complexity index is 917. The zero-order chi connectivity index (χ0) is 23.7. The molecule has 1 aliphatic heterocycles. The van der Waals surface area contributed by atoms with E-state index in [1.54, 1.807) is 0 Å². The number of carbonyl (C=O) groups is 2. The molecule has 0 aromatic heterocycles. The molecule has 0 unspecified atom stereocenters. The third-order valence-electron chi connectivity index (χ3n) is 11.0. The molecule has 5 rings (SSSR count). The molecule has 0 spiro atoms. The molecule has 2 N–H and O–H groups in total. The molecule has 3 saturated carbocycles. The molecule has 3 fully saturated rings. The smallest absolute Gasteiger partial charge is 0.336 e. The summed E-state index contributed by atoms with van der Waals surface area (Å²) in [7, 11) is 0. The lowest BCUT2D eigenvalue weighted by atomic mass is 9.46. The third kappa shape index (κ3) is 3.25. The van der Waals surface area contributed by atoms with Gasteiger partial charge in [0.15, 0.2) is 0 Å². The molecule has 0 aromatic carbocycles. The van der Waals surface area contributed by atoms with Crippen LogP contribution in [0.3, 0.4) is 0 Å². The molecular weight excluding hydrogens is 416 g/mol. The molecule has 1 heterocycles. The van der Waals surface area contributed by atoms with E-state index in [0.717, 1.165) is 36.8 Å². The second kappa shape index (κ2) is 8.05. The van der Waals surface area contributed by atoms with Crippen LogP contribution in [0.5, 0.6) is 0 Å². The van der Waals surface area contributed by atoms with E-state index in [1.165, 1.54) is 6.42 Å². The highest BCUT2D eigenvalue weighted by Crippen LogP contribution is 2.67. The van der Waals surface area contributed by atoms with Gasteiger partial charge in [-0.1, -0.05) is 25.5 Å². The molecule has 5 aliphatic rings. The van der Waals surface area contributed by atoms with Crippen molar-refractivity contribution >= 4 is 11.8 Å². The first-order valence-electron chi connectivity index (χ1n) is 13.0. The number of esters is 1. The topological polar surface area (TPSA) is 83.8 Å². The first-order chi connectivity index (χ1) is 15.6. The van der Waals surface area contributed by atoms with Crippen LogP contribution in [0, 0.1) is 40.4 Å². The van der Waals surface area contributed by atoms with Crippen molar-refractivity contribution in [3.63, 3.8) is 0 Å². The highest BCUT2D eigenvalue weighted by Gasteiger charge is 2.62. The fraction of sp³-hybridized carbons (Fsp3) is 0.786. The summed E-state index contributed by atoms with van der Waals surface area (Å²) >= 11 is 0. The zero-order valence-electron chi connectivity index (χ0n) is 20.6. The van der Waals surface area contributed by atoms with Crippen LogP contribution in [0.4, 0.5) is 0 Å². The summed E-state index contributed by atoms with van der Waals surface area (Å²) in [6.45, 7) is 8.51. The summed E-state index contributed by atoms with van der Waals surface area (Å²) in [6, 6.07) is 0. The van der Waals surface area contributed by atoms with Crippen LogP contribution in [0.15, 0.2) is 22.8 Å². The molecule has 0 saturated heterocycles. The van der Waals surface area contributed by atoms with Crippen molar-refractivity contribution < 1.29 is 24.5 Å². The Morgan fingerprint density at radius 2 is 1.91 bits per heavy atom. The Kier molecular flexibility index (Phi) is 5.68. The number of hydrogen-bond donors (Lipinski definition) is 2. The quantitative estimate of drug-likeness (QED) is 0.487. The first-order valence-corrected chi connectivity index (χ1v) is 13.0. The summed E-state index contributed by atoms with van der Waals surface area (Å²) in [6.07, 6.45) is 8.82. The molecule has 5 nitrogen and oxygen atoms in total. The van der Waals surface area contributed by atoms with E-state index in [2.05, 4.69) is 26.8 Å². The minimum atomic E-state index is -0.493. The van der Waals surface area contributed by atoms with Gasteiger partial charge in [0.1, 0.15) is 11.9 Å². The highest BCUT2D eigenvalue weighted by atomic mass is 16.5. The summed E-state index contributed by atoms with van der Waals surface area (Å²) in [4.78, 5) is 25.6. The van der Waals surface area contributed by atoms with E-state index in [4.69, 9.17) is 4.74 Å². The van der Waals surface area contributed by atoms with Crippen LogP contribution in [-0.2, 0) is 14.3 Å². The average Bonchev–Trinajstić information content (AvgIpc) is 3.13. The Labute approximate surface area is 197 Å². The third-order valence-corrected chi connectivity index (χ3v) is 11.0. The molecule has 9 atom stereocenters. The number of allylic oxidation sites excluding steroid dienone is 1. The second-order valence-corrected chi connectivity index (χ2v) is 12.1. The van der Waals surface area contributed by atoms with Crippen LogP contribution in [0.2, 0.25) is 0 Å². The Balaban J connectivity index is 1.40. The van der Waals surface area contributed by atoms with Crippen molar-refractivity contribution in [3.05, 3.63) is 22.8 Å². The van der Waals surface area contributed by atoms with Gasteiger partial charge in [-0.15, -0.1) is 0 Å². The van der Waals surface area contributed by atoms with Gasteiger partial charge in [0.05, 0.1) is 23.7 Å². The number of aliphatic hydroxyl groups excluding tert-OH is 2. The molecule has 4 aliphatic carbocycles. The maximum atomic E-state index is 13.2. The lowest BCUT2D eigenvalue weighted by molar-refractivity contribution is -0.152. The van der Waals surface area contributed by atoms with E-state index in [1.807, 2.05) is 6.92 Å². The van der Waals surface area contributed by atoms with Crippen molar-refractivity contribution in [2.75, 3.05) is 6.61 Å². The van der Waals surface area contributed by atoms with Gasteiger partial charge < -0.3 is 14.9 Å². The molecular formula is C28H40O5. The molecule has 182 valence electrons. The van der Waals surface area contributed by atoms with Crippen LogP contribution < -0.4 is 0 Å². The number of ketones is 1. The van der Waals surface area contributed by atoms with Crippen molar-refractivity contribution in [2.45, 2.75) is 91.3 Å². The summed E-state index contributed by atoms with van der Waals surface area (Å²) in [5, 5.41) is 20.2. The molecule has 0 bridgehead atoms. The van der Waals surface area contributed by atoms with Crippen LogP contribution in [-0.4, -0.2) is 40.8 Å². The number of rotatable bonds is 3. The SMILES string of the molecule is CC1=C(CO)C(=O)O[C@@H]([C@@H](C)[C@H]2CC[C@H]3[C@@H]4CC=C5[C@@H](O)CCC(=O)[C@]5(C)[C@H]4CC[C@]23C)C1. The van der Waals surface area contributed by atoms with Crippen molar-refractivity contribution in [2.24, 2.45) is 40.4 Å². The number of ether oxygens (including phenoxy) is 1. The number of aliphatic hydroxyl groups is 2. The van der Waals surface area contributed by atoms with E-state index in [-0.39, 0.29) is 30.0 Å². The lowest BCUT2D eigenvalue weighted by Crippen LogP contribution is -2.55. The normalized spacial score (nSPS) is 46.2. The van der Waals surface area contributed by atoms with Gasteiger partial charge in [-0.3, -0.25) is 4.79 Å². The fourth-order valence-electron chi connectivity index (χ4n) is 9.06. The van der Waals surface area contributed by atoms with Gasteiger partial charge in [0.2, 0.25) is 0 Å². The largest absolute Gasteiger partial charge is 0.458 e. The van der Waals surface area contributed by atoms with Crippen molar-refractivity contribution in [1.29, 1.82) is 0 Å². The standard InChI is InChI=1S/C28H40O5/c1-15-13-24(33-26(32)18(15)14-29)16(2)19-7-8-20-17-5-6-22-23(30)9-10-25(31)28(22,4)21(17)11-12-27(19,20)3/h6,16-17,19-21,23-24,29-30H,5,7-14H2,1-4H3/t16-,17-,19+,20-,21-,23-,24+,27+,28+/m0/s1. The predicted molar refractivity (Wildman–Crippen MR) is 125 cm³/mol. The molecule has 0 radical (unpaired) electrons.